The highest BCUT2D eigenvalue weighted by atomic mass is 16.4. The fourth-order valence-corrected chi connectivity index (χ4v) is 0. The number of carboxylic acid groups (broad SMARTS) is 1. The van der Waals surface area contributed by atoms with Gasteiger partial charge in [0.05, 0.1) is 5.97 Å². The van der Waals surface area contributed by atoms with Gasteiger partial charge in [-0.1, -0.05) is 0 Å². The molecule has 0 amide bonds. The third-order valence-electron chi connectivity index (χ3n) is 0.193. The molecule has 3 nitrogen and oxygen atoms in total. The van der Waals surface area contributed by atoms with Crippen molar-refractivity contribution in [2.45, 2.75) is 12.9 Å². The van der Waals surface area contributed by atoms with Crippen molar-refractivity contribution in [3.8, 4) is 0 Å². The monoisotopic (exact) mass is 96.1 g/mol. The van der Waals surface area contributed by atoms with Gasteiger partial charge in [0.1, 0.15) is 7.39 Å². The van der Waals surface area contributed by atoms with Crippen molar-refractivity contribution in [3.63, 3.8) is 0 Å². The second kappa shape index (κ2) is 1.77. The van der Waals surface area contributed by atoms with Crippen molar-refractivity contribution >= 4 is 5.97 Å². The lowest BCUT2D eigenvalue weighted by atomic mass is 10.4. The van der Waals surface area contributed by atoms with Gasteiger partial charge < -0.3 is 15.6 Å². The number of hydrogen-bond acceptors (Lipinski definition) is 2. The van der Waals surface area contributed by atoms with Gasteiger partial charge in [-0.3, -0.25) is 0 Å². The molecule has 3 N–H and O–H groups in total. The molecule has 0 aliphatic carbocycles. The van der Waals surface area contributed by atoms with Crippen LogP contribution in [0.25, 0.3) is 0 Å². The Bertz CT molecular complexity index is 203. The third-order valence-corrected chi connectivity index (χ3v) is 0.193. The van der Waals surface area contributed by atoms with Gasteiger partial charge in [-0.25, -0.2) is 0 Å². The van der Waals surface area contributed by atoms with Gasteiger partial charge in [-0.15, -0.1) is 0 Å². The lowest BCUT2D eigenvalue weighted by molar-refractivity contribution is -0.432. The normalized spacial score (nSPS) is 40.3. The minimum absolute atomic E-state index is 2.45. The molecule has 1 atom stereocenters. The molecule has 0 heterocycles. The maximum Gasteiger partial charge on any atom is 0.345 e. The predicted molar refractivity (Wildman–Crippen MR) is 17.4 cm³/mol. The van der Waals surface area contributed by atoms with Crippen LogP contribution in [0.5, 0.6) is 0 Å². The number of hydrogen-bond donors (Lipinski definition) is 1. The molecule has 0 aliphatic rings. The van der Waals surface area contributed by atoms with E-state index in [0.29, 0.717) is 0 Å². The molecule has 0 fully saturated rings. The van der Waals surface area contributed by atoms with Crippen LogP contribution in [0.15, 0.2) is 0 Å². The van der Waals surface area contributed by atoms with E-state index in [-0.39, 0.29) is 0 Å². The molecule has 0 unspecified atom stereocenters. The molecule has 0 bridgehead atoms. The van der Waals surface area contributed by atoms with Crippen LogP contribution in [0.4, 0.5) is 0 Å². The average Bonchev–Trinajstić information content (AvgIpc) is 1.80. The van der Waals surface area contributed by atoms with Crippen LogP contribution in [0.2, 0.25) is 4.24 Å². The fraction of sp³-hybridized carbons (Fsp3) is 0.667. The first-order valence-electron chi connectivity index (χ1n) is 4.47. The lowest BCUT2D eigenvalue weighted by Crippen LogP contribution is -2.66. The molecule has 0 aromatic carbocycles. The Morgan fingerprint density at radius 2 is 3.33 bits per heavy atom. The van der Waals surface area contributed by atoms with E-state index in [1.807, 2.05) is 0 Å². The predicted octanol–water partition coefficient (Wildman–Crippen LogP) is -2.63. The summed E-state index contributed by atoms with van der Waals surface area (Å²) >= 11 is 0. The number of rotatable bonds is 2. The summed E-state index contributed by atoms with van der Waals surface area (Å²) in [5.41, 5.74) is -2.79. The molecule has 0 saturated heterocycles. The van der Waals surface area contributed by atoms with E-state index in [0.717, 1.165) is 0 Å². The largest absolute Gasteiger partial charge is 0.544 e. The highest BCUT2D eigenvalue weighted by Gasteiger charge is 1.92. The smallest absolute Gasteiger partial charge is 0.345 e. The number of carbonyl (C=O) groups is 1. The first-order valence-corrected chi connectivity index (χ1v) is 1.13. The Morgan fingerprint density at radius 1 is 2.67 bits per heavy atom. The first kappa shape index (κ1) is 0.816. The second-order valence-electron chi connectivity index (χ2n) is 0.636. The summed E-state index contributed by atoms with van der Waals surface area (Å²) in [6.45, 7) is -3.48. The standard InChI is InChI=1S/C3H7NO2/c1-2(4)3(5)6/h2H,4H2,1H3,(H,5,6)/t2-/m0/s1/i1D3,2D/hD3. The quantitative estimate of drug-likeness (QED) is 0.408. The molecule has 36 valence electrons. The summed E-state index contributed by atoms with van der Waals surface area (Å²) in [5, 5.41) is 10.3. The average molecular weight is 96.1 g/mol. The second-order valence-corrected chi connectivity index (χ2v) is 0.636. The molecule has 6 heavy (non-hydrogen) atoms. The third kappa shape index (κ3) is 1.72. The van der Waals surface area contributed by atoms with Crippen LogP contribution in [0, 0.1) is 0 Å². The fourth-order valence-electron chi connectivity index (χ4n) is 0. The van der Waals surface area contributed by atoms with Gasteiger partial charge in [-0.05, 0) is 6.85 Å². The lowest BCUT2D eigenvalue weighted by Gasteiger charge is -1.97. The van der Waals surface area contributed by atoms with Gasteiger partial charge in [0.25, 0.3) is 0 Å². The highest BCUT2D eigenvalue weighted by molar-refractivity contribution is 5.68. The van der Waals surface area contributed by atoms with Crippen molar-refractivity contribution in [1.82, 2.24) is 0 Å². The maximum atomic E-state index is 10.3. The highest BCUT2D eigenvalue weighted by Crippen LogP contribution is 1.59. The van der Waals surface area contributed by atoms with Gasteiger partial charge in [-0.2, -0.15) is 0 Å². The molecule has 3 heteroatoms. The van der Waals surface area contributed by atoms with Gasteiger partial charge in [0.15, 0.2) is 0 Å². The molecular weight excluding hydrogens is 82.0 g/mol. The first-order chi connectivity index (χ1) is 5.44. The van der Waals surface area contributed by atoms with Crippen LogP contribution in [0.1, 0.15) is 12.3 Å². The summed E-state index contributed by atoms with van der Waals surface area (Å²) < 4.78 is 46.5. The summed E-state index contributed by atoms with van der Waals surface area (Å²) in [5.74, 6) is -2.45. The molecule has 0 spiro atoms. The van der Waals surface area contributed by atoms with Crippen LogP contribution in [0.3, 0.4) is 0 Å². The van der Waals surface area contributed by atoms with E-state index >= 15 is 0 Å². The van der Waals surface area contributed by atoms with Crippen LogP contribution < -0.4 is 10.8 Å². The molecule has 0 saturated carbocycles. The Balaban J connectivity index is 5.35. The van der Waals surface area contributed by atoms with Gasteiger partial charge in [0.2, 0.25) is 0 Å². The SMILES string of the molecule is [2H]C([2H])([2H])[C@@]([2H])(C(=O)[O-])[N+]([2H])([2H])[2H]. The van der Waals surface area contributed by atoms with Crippen molar-refractivity contribution in [2.24, 2.45) is 0 Å². The number of aliphatic carboxylic acids is 1. The number of quaternary nitrogens is 1. The van der Waals surface area contributed by atoms with E-state index in [1.165, 1.54) is 0 Å². The topological polar surface area (TPSA) is 67.8 Å². The Morgan fingerprint density at radius 3 is 3.33 bits per heavy atom. The zero-order valence-corrected chi connectivity index (χ0v) is 2.76. The minimum atomic E-state index is -3.63. The Labute approximate surface area is 45.8 Å². The minimum Gasteiger partial charge on any atom is -0.544 e. The molecule has 0 rings (SSSR count). The zero-order valence-electron chi connectivity index (χ0n) is 9.76. The molecule has 0 aromatic heterocycles. The molecule has 0 aliphatic heterocycles. The van der Waals surface area contributed by atoms with Gasteiger partial charge >= 0.3 is 4.24 Å². The van der Waals surface area contributed by atoms with Crippen LogP contribution >= 0.6 is 0 Å². The van der Waals surface area contributed by atoms with Crippen molar-refractivity contribution in [3.05, 3.63) is 0 Å². The van der Waals surface area contributed by atoms with Crippen LogP contribution in [-0.2, 0) is 4.79 Å². The summed E-state index contributed by atoms with van der Waals surface area (Å²) in [4.78, 5) is 10.3. The van der Waals surface area contributed by atoms with Crippen molar-refractivity contribution in [1.29, 1.82) is 0 Å². The maximum absolute atomic E-state index is 10.3. The summed E-state index contributed by atoms with van der Waals surface area (Å²) in [7, 11) is 0. The van der Waals surface area contributed by atoms with E-state index in [2.05, 4.69) is 0 Å². The van der Waals surface area contributed by atoms with E-state index in [4.69, 9.17) is 9.72 Å². The Hall–Kier alpha value is -0.570. The Kier molecular flexibility index (Phi) is 0.240. The van der Waals surface area contributed by atoms with E-state index < -0.39 is 24.6 Å². The molecule has 0 radical (unpaired) electrons. The van der Waals surface area contributed by atoms with Gasteiger partial charge in [0, 0.05) is 4.11 Å². The summed E-state index contributed by atoms with van der Waals surface area (Å²) in [6.07, 6.45) is 0. The van der Waals surface area contributed by atoms with E-state index in [1.54, 1.807) is 0 Å². The number of carboxylic acids is 1. The molecular formula is C3H7NO2. The van der Waals surface area contributed by atoms with Crippen molar-refractivity contribution in [2.75, 3.05) is 0 Å². The van der Waals surface area contributed by atoms with E-state index in [9.17, 15) is 9.90 Å². The summed E-state index contributed by atoms with van der Waals surface area (Å²) in [6, 6.07) is -3.63. The van der Waals surface area contributed by atoms with Crippen LogP contribution in [-0.4, -0.2) is 12.0 Å². The molecule has 0 aromatic rings. The number of carbonyl (C=O) groups excluding carboxylic acids is 1. The zero-order chi connectivity index (χ0) is 11.1. The van der Waals surface area contributed by atoms with Crippen molar-refractivity contribution < 1.29 is 25.3 Å².